The van der Waals surface area contributed by atoms with Crippen molar-refractivity contribution in [3.05, 3.63) is 108 Å². The predicted octanol–water partition coefficient (Wildman–Crippen LogP) is 3.54. The topological polar surface area (TPSA) is 66.7 Å². The molecule has 0 aliphatic rings. The summed E-state index contributed by atoms with van der Waals surface area (Å²) in [5.74, 6) is -0.368. The molecule has 0 fully saturated rings. The number of rotatable bonds is 6. The van der Waals surface area contributed by atoms with Gasteiger partial charge in [0.15, 0.2) is 5.69 Å². The Morgan fingerprint density at radius 1 is 0.900 bits per heavy atom. The van der Waals surface area contributed by atoms with Gasteiger partial charge in [-0.1, -0.05) is 66.7 Å². The van der Waals surface area contributed by atoms with Gasteiger partial charge >= 0.3 is 0 Å². The fourth-order valence-corrected chi connectivity index (χ4v) is 3.32. The molecule has 0 aliphatic heterocycles. The number of hydrogen-bond donors (Lipinski definition) is 1. The first-order valence-corrected chi connectivity index (χ1v) is 9.72. The lowest BCUT2D eigenvalue weighted by atomic mass is 10.2. The summed E-state index contributed by atoms with van der Waals surface area (Å²) in [6, 6.07) is 24.8. The minimum Gasteiger partial charge on any atom is -0.345 e. The van der Waals surface area contributed by atoms with E-state index in [1.54, 1.807) is 28.6 Å². The maximum absolute atomic E-state index is 13.1. The molecule has 2 aromatic heterocycles. The zero-order chi connectivity index (χ0) is 20.9. The number of carbonyl (C=O) groups is 2. The van der Waals surface area contributed by atoms with E-state index in [4.69, 9.17) is 0 Å². The lowest BCUT2D eigenvalue weighted by Crippen LogP contribution is -2.27. The van der Waals surface area contributed by atoms with Crippen LogP contribution in [0.5, 0.6) is 0 Å². The van der Waals surface area contributed by atoms with Crippen molar-refractivity contribution in [1.29, 1.82) is 0 Å². The van der Waals surface area contributed by atoms with Crippen LogP contribution in [0.15, 0.2) is 85.1 Å². The van der Waals surface area contributed by atoms with E-state index in [1.165, 1.54) is 0 Å². The first kappa shape index (κ1) is 19.4. The molecule has 0 aliphatic carbocycles. The van der Waals surface area contributed by atoms with Crippen LogP contribution in [-0.2, 0) is 13.1 Å². The Kier molecular flexibility index (Phi) is 5.57. The molecule has 1 N–H and O–H groups in total. The average Bonchev–Trinajstić information content (AvgIpc) is 3.18. The molecule has 6 heteroatoms. The molecule has 0 spiro atoms. The number of carbonyl (C=O) groups excluding carboxylic acids is 2. The van der Waals surface area contributed by atoms with E-state index in [9.17, 15) is 9.59 Å². The van der Waals surface area contributed by atoms with Crippen molar-refractivity contribution in [3.8, 4) is 0 Å². The van der Waals surface area contributed by atoms with Gasteiger partial charge in [-0.05, 0) is 23.3 Å². The molecule has 150 valence electrons. The molecule has 0 saturated heterocycles. The summed E-state index contributed by atoms with van der Waals surface area (Å²) in [7, 11) is 1.73. The summed E-state index contributed by atoms with van der Waals surface area (Å²) in [4.78, 5) is 31.9. The fourth-order valence-electron chi connectivity index (χ4n) is 3.32. The molecule has 2 aromatic carbocycles. The molecule has 0 bridgehead atoms. The van der Waals surface area contributed by atoms with Crippen LogP contribution in [0.25, 0.3) is 5.52 Å². The van der Waals surface area contributed by atoms with E-state index in [0.717, 1.165) is 11.1 Å². The Hall–Kier alpha value is -3.93. The second-order valence-electron chi connectivity index (χ2n) is 7.05. The molecule has 2 amide bonds. The standard InChI is InChI=1S/C24H22N4O2/c1-27(17-19-12-6-3-7-13-19)24(30)21-20-14-8-9-15-28(20)22(26-21)23(29)25-16-18-10-4-2-5-11-18/h2-15H,16-17H2,1H3,(H,25,29). The zero-order valence-corrected chi connectivity index (χ0v) is 16.7. The first-order valence-electron chi connectivity index (χ1n) is 9.72. The lowest BCUT2D eigenvalue weighted by molar-refractivity contribution is 0.0782. The SMILES string of the molecule is CN(Cc1ccccc1)C(=O)c1nc(C(=O)NCc2ccccc2)n2ccccc12. The number of hydrogen-bond acceptors (Lipinski definition) is 3. The third kappa shape index (κ3) is 4.07. The molecule has 0 radical (unpaired) electrons. The Morgan fingerprint density at radius 3 is 2.23 bits per heavy atom. The highest BCUT2D eigenvalue weighted by molar-refractivity contribution is 6.02. The van der Waals surface area contributed by atoms with E-state index in [2.05, 4.69) is 10.3 Å². The largest absolute Gasteiger partial charge is 0.345 e. The smallest absolute Gasteiger partial charge is 0.287 e. The van der Waals surface area contributed by atoms with Crippen LogP contribution in [0.3, 0.4) is 0 Å². The number of benzene rings is 2. The molecule has 4 aromatic rings. The van der Waals surface area contributed by atoms with Gasteiger partial charge in [0.2, 0.25) is 5.82 Å². The van der Waals surface area contributed by atoms with Crippen molar-refractivity contribution < 1.29 is 9.59 Å². The van der Waals surface area contributed by atoms with Gasteiger partial charge in [-0.3, -0.25) is 14.0 Å². The number of aromatic nitrogens is 2. The average molecular weight is 398 g/mol. The van der Waals surface area contributed by atoms with Gasteiger partial charge in [-0.15, -0.1) is 0 Å². The van der Waals surface area contributed by atoms with Crippen molar-refractivity contribution in [2.45, 2.75) is 13.1 Å². The van der Waals surface area contributed by atoms with E-state index in [0.29, 0.717) is 18.6 Å². The van der Waals surface area contributed by atoms with Crippen LogP contribution in [0, 0.1) is 0 Å². The molecule has 0 unspecified atom stereocenters. The van der Waals surface area contributed by atoms with E-state index in [1.807, 2.05) is 72.8 Å². The van der Waals surface area contributed by atoms with Gasteiger partial charge in [0.25, 0.3) is 11.8 Å². The maximum atomic E-state index is 13.1. The van der Waals surface area contributed by atoms with Gasteiger partial charge in [0.05, 0.1) is 5.52 Å². The molecule has 0 atom stereocenters. The molecule has 2 heterocycles. The normalized spacial score (nSPS) is 10.7. The highest BCUT2D eigenvalue weighted by Crippen LogP contribution is 2.16. The molecular formula is C24H22N4O2. The van der Waals surface area contributed by atoms with Crippen molar-refractivity contribution >= 4 is 17.3 Å². The second kappa shape index (κ2) is 8.61. The second-order valence-corrected chi connectivity index (χ2v) is 7.05. The molecule has 6 nitrogen and oxygen atoms in total. The third-order valence-electron chi connectivity index (χ3n) is 4.86. The van der Waals surface area contributed by atoms with Crippen LogP contribution < -0.4 is 5.32 Å². The monoisotopic (exact) mass is 398 g/mol. The number of nitrogens with one attached hydrogen (secondary N) is 1. The van der Waals surface area contributed by atoms with E-state index < -0.39 is 0 Å². The highest BCUT2D eigenvalue weighted by atomic mass is 16.2. The van der Waals surface area contributed by atoms with Gasteiger partial charge in [0, 0.05) is 26.3 Å². The highest BCUT2D eigenvalue weighted by Gasteiger charge is 2.23. The number of pyridine rings is 1. The molecular weight excluding hydrogens is 376 g/mol. The third-order valence-corrected chi connectivity index (χ3v) is 4.86. The Labute approximate surface area is 174 Å². The predicted molar refractivity (Wildman–Crippen MR) is 115 cm³/mol. The zero-order valence-electron chi connectivity index (χ0n) is 16.7. The minimum absolute atomic E-state index is 0.193. The van der Waals surface area contributed by atoms with Crippen LogP contribution in [0.4, 0.5) is 0 Å². The summed E-state index contributed by atoms with van der Waals surface area (Å²) < 4.78 is 1.66. The van der Waals surface area contributed by atoms with Crippen LogP contribution in [-0.4, -0.2) is 33.1 Å². The summed E-state index contributed by atoms with van der Waals surface area (Å²) in [5, 5.41) is 2.88. The van der Waals surface area contributed by atoms with Gasteiger partial charge < -0.3 is 10.2 Å². The number of fused-ring (bicyclic) bond motifs is 1. The quantitative estimate of drug-likeness (QED) is 0.540. The van der Waals surface area contributed by atoms with Crippen LogP contribution >= 0.6 is 0 Å². The summed E-state index contributed by atoms with van der Waals surface area (Å²) in [5.41, 5.74) is 2.88. The maximum Gasteiger partial charge on any atom is 0.287 e. The Balaban J connectivity index is 1.58. The van der Waals surface area contributed by atoms with Gasteiger partial charge in [-0.25, -0.2) is 4.98 Å². The fraction of sp³-hybridized carbons (Fsp3) is 0.125. The van der Waals surface area contributed by atoms with Crippen LogP contribution in [0.2, 0.25) is 0 Å². The van der Waals surface area contributed by atoms with Crippen LogP contribution in [0.1, 0.15) is 32.2 Å². The summed E-state index contributed by atoms with van der Waals surface area (Å²) in [6.07, 6.45) is 1.74. The Bertz CT molecular complexity index is 1170. The Morgan fingerprint density at radius 2 is 1.53 bits per heavy atom. The summed E-state index contributed by atoms with van der Waals surface area (Å²) >= 11 is 0. The molecule has 4 rings (SSSR count). The van der Waals surface area contributed by atoms with E-state index in [-0.39, 0.29) is 23.3 Å². The number of amides is 2. The first-order chi connectivity index (χ1) is 14.6. The number of imidazole rings is 1. The van der Waals surface area contributed by atoms with Gasteiger partial charge in [0.1, 0.15) is 0 Å². The van der Waals surface area contributed by atoms with E-state index >= 15 is 0 Å². The lowest BCUT2D eigenvalue weighted by Gasteiger charge is -2.16. The minimum atomic E-state index is -0.329. The summed E-state index contributed by atoms with van der Waals surface area (Å²) in [6.45, 7) is 0.847. The van der Waals surface area contributed by atoms with Crippen molar-refractivity contribution in [1.82, 2.24) is 19.6 Å². The number of nitrogens with zero attached hydrogens (tertiary/aromatic N) is 3. The van der Waals surface area contributed by atoms with Crippen molar-refractivity contribution in [2.24, 2.45) is 0 Å². The van der Waals surface area contributed by atoms with Crippen molar-refractivity contribution in [2.75, 3.05) is 7.05 Å². The molecule has 30 heavy (non-hydrogen) atoms. The van der Waals surface area contributed by atoms with Gasteiger partial charge in [-0.2, -0.15) is 0 Å². The molecule has 0 saturated carbocycles. The van der Waals surface area contributed by atoms with Crippen molar-refractivity contribution in [3.63, 3.8) is 0 Å².